The lowest BCUT2D eigenvalue weighted by Gasteiger charge is -2.11. The SMILES string of the molecule is C=CC(=O)NC(C(=O)O)c1cc2ccccc2[nH]1. The largest absolute Gasteiger partial charge is 0.479 e. The van der Waals surface area contributed by atoms with E-state index in [1.807, 2.05) is 24.3 Å². The van der Waals surface area contributed by atoms with Crippen molar-refractivity contribution in [1.82, 2.24) is 10.3 Å². The van der Waals surface area contributed by atoms with Crippen molar-refractivity contribution in [2.45, 2.75) is 6.04 Å². The lowest BCUT2D eigenvalue weighted by molar-refractivity contribution is -0.141. The van der Waals surface area contributed by atoms with Crippen LogP contribution in [0.3, 0.4) is 0 Å². The van der Waals surface area contributed by atoms with Crippen LogP contribution in [-0.2, 0) is 9.59 Å². The molecule has 1 aromatic heterocycles. The van der Waals surface area contributed by atoms with Crippen molar-refractivity contribution in [3.05, 3.63) is 48.7 Å². The number of fused-ring (bicyclic) bond motifs is 1. The normalized spacial score (nSPS) is 12.0. The summed E-state index contributed by atoms with van der Waals surface area (Å²) in [5, 5.41) is 12.4. The van der Waals surface area contributed by atoms with E-state index in [0.717, 1.165) is 17.0 Å². The third-order valence-corrected chi connectivity index (χ3v) is 2.58. The first-order valence-electron chi connectivity index (χ1n) is 5.35. The van der Waals surface area contributed by atoms with Crippen LogP contribution in [0.25, 0.3) is 10.9 Å². The van der Waals surface area contributed by atoms with Gasteiger partial charge in [-0.25, -0.2) is 4.79 Å². The first-order chi connectivity index (χ1) is 8.61. The fraction of sp³-hybridized carbons (Fsp3) is 0.0769. The highest BCUT2D eigenvalue weighted by molar-refractivity contribution is 5.92. The molecule has 1 amide bonds. The van der Waals surface area contributed by atoms with Crippen molar-refractivity contribution < 1.29 is 14.7 Å². The Labute approximate surface area is 103 Å². The molecule has 0 aliphatic carbocycles. The van der Waals surface area contributed by atoms with Crippen LogP contribution in [0, 0.1) is 0 Å². The molecule has 18 heavy (non-hydrogen) atoms. The van der Waals surface area contributed by atoms with Crippen LogP contribution in [-0.4, -0.2) is 22.0 Å². The maximum atomic E-state index is 11.2. The number of hydrogen-bond acceptors (Lipinski definition) is 2. The highest BCUT2D eigenvalue weighted by Crippen LogP contribution is 2.20. The molecule has 0 spiro atoms. The first kappa shape index (κ1) is 11.9. The number of benzene rings is 1. The summed E-state index contributed by atoms with van der Waals surface area (Å²) in [6.07, 6.45) is 1.04. The zero-order valence-electron chi connectivity index (χ0n) is 9.51. The molecule has 0 aliphatic rings. The van der Waals surface area contributed by atoms with Gasteiger partial charge in [0.2, 0.25) is 5.91 Å². The van der Waals surface area contributed by atoms with Gasteiger partial charge in [-0.3, -0.25) is 4.79 Å². The zero-order chi connectivity index (χ0) is 13.1. The van der Waals surface area contributed by atoms with Gasteiger partial charge in [0.1, 0.15) is 0 Å². The number of carboxylic acids is 1. The number of nitrogens with one attached hydrogen (secondary N) is 2. The fourth-order valence-electron chi connectivity index (χ4n) is 1.73. The van der Waals surface area contributed by atoms with E-state index >= 15 is 0 Å². The van der Waals surface area contributed by atoms with Crippen LogP contribution < -0.4 is 5.32 Å². The molecule has 1 aromatic carbocycles. The predicted octanol–water partition coefficient (Wildman–Crippen LogP) is 1.60. The number of H-pyrrole nitrogens is 1. The molecule has 0 aliphatic heterocycles. The number of rotatable bonds is 4. The molecule has 2 aromatic rings. The number of amides is 1. The second-order valence-electron chi connectivity index (χ2n) is 3.80. The van der Waals surface area contributed by atoms with Crippen LogP contribution in [0.5, 0.6) is 0 Å². The molecule has 0 saturated carbocycles. The van der Waals surface area contributed by atoms with Gasteiger partial charge in [0, 0.05) is 5.52 Å². The summed E-state index contributed by atoms with van der Waals surface area (Å²) < 4.78 is 0. The Bertz CT molecular complexity index is 582. The van der Waals surface area contributed by atoms with Gasteiger partial charge < -0.3 is 15.4 Å². The van der Waals surface area contributed by atoms with E-state index in [1.54, 1.807) is 6.07 Å². The Kier molecular flexibility index (Phi) is 3.14. The second-order valence-corrected chi connectivity index (χ2v) is 3.80. The topological polar surface area (TPSA) is 82.2 Å². The summed E-state index contributed by atoms with van der Waals surface area (Å²) in [7, 11) is 0. The van der Waals surface area contributed by atoms with Gasteiger partial charge in [0.15, 0.2) is 6.04 Å². The molecule has 1 heterocycles. The molecule has 0 saturated heterocycles. The molecule has 92 valence electrons. The molecule has 0 radical (unpaired) electrons. The van der Waals surface area contributed by atoms with Crippen LogP contribution in [0.4, 0.5) is 0 Å². The highest BCUT2D eigenvalue weighted by Gasteiger charge is 2.22. The highest BCUT2D eigenvalue weighted by atomic mass is 16.4. The Morgan fingerprint density at radius 1 is 1.39 bits per heavy atom. The average molecular weight is 244 g/mol. The van der Waals surface area contributed by atoms with E-state index in [-0.39, 0.29) is 0 Å². The standard InChI is InChI=1S/C13H12N2O3/c1-2-11(16)15-12(13(17)18)10-7-8-5-3-4-6-9(8)14-10/h2-7,12,14H,1H2,(H,15,16)(H,17,18). The van der Waals surface area contributed by atoms with Gasteiger partial charge in [-0.05, 0) is 23.6 Å². The monoisotopic (exact) mass is 244 g/mol. The number of carbonyl (C=O) groups excluding carboxylic acids is 1. The second kappa shape index (κ2) is 4.75. The zero-order valence-corrected chi connectivity index (χ0v) is 9.51. The number of para-hydroxylation sites is 1. The van der Waals surface area contributed by atoms with Crippen molar-refractivity contribution in [3.63, 3.8) is 0 Å². The van der Waals surface area contributed by atoms with Crippen molar-refractivity contribution in [1.29, 1.82) is 0 Å². The molecule has 1 atom stereocenters. The van der Waals surface area contributed by atoms with Gasteiger partial charge in [-0.15, -0.1) is 0 Å². The van der Waals surface area contributed by atoms with E-state index in [1.165, 1.54) is 0 Å². The molecule has 0 fully saturated rings. The van der Waals surface area contributed by atoms with Crippen molar-refractivity contribution in [2.24, 2.45) is 0 Å². The molecule has 1 unspecified atom stereocenters. The summed E-state index contributed by atoms with van der Waals surface area (Å²) in [6, 6.07) is 8.01. The Morgan fingerprint density at radius 3 is 2.72 bits per heavy atom. The third kappa shape index (κ3) is 2.24. The van der Waals surface area contributed by atoms with Gasteiger partial charge in [0.25, 0.3) is 0 Å². The summed E-state index contributed by atoms with van der Waals surface area (Å²) in [4.78, 5) is 25.3. The van der Waals surface area contributed by atoms with E-state index in [4.69, 9.17) is 5.11 Å². The maximum Gasteiger partial charge on any atom is 0.332 e. The number of aromatic amines is 1. The van der Waals surface area contributed by atoms with Crippen LogP contribution in [0.15, 0.2) is 43.0 Å². The van der Waals surface area contributed by atoms with Crippen molar-refractivity contribution in [2.75, 3.05) is 0 Å². The Morgan fingerprint density at radius 2 is 2.11 bits per heavy atom. The van der Waals surface area contributed by atoms with Crippen molar-refractivity contribution >= 4 is 22.8 Å². The molecular weight excluding hydrogens is 232 g/mol. The summed E-state index contributed by atoms with van der Waals surface area (Å²) in [5.41, 5.74) is 1.26. The lowest BCUT2D eigenvalue weighted by Crippen LogP contribution is -2.32. The fourth-order valence-corrected chi connectivity index (χ4v) is 1.73. The van der Waals surface area contributed by atoms with Crippen LogP contribution in [0.1, 0.15) is 11.7 Å². The van der Waals surface area contributed by atoms with Crippen molar-refractivity contribution in [3.8, 4) is 0 Å². The summed E-state index contributed by atoms with van der Waals surface area (Å²) in [5.74, 6) is -1.65. The summed E-state index contributed by atoms with van der Waals surface area (Å²) >= 11 is 0. The molecule has 5 heteroatoms. The minimum atomic E-state index is -1.13. The quantitative estimate of drug-likeness (QED) is 0.714. The average Bonchev–Trinajstić information content (AvgIpc) is 2.78. The number of hydrogen-bond donors (Lipinski definition) is 3. The predicted molar refractivity (Wildman–Crippen MR) is 67.0 cm³/mol. The van der Waals surface area contributed by atoms with E-state index in [2.05, 4.69) is 16.9 Å². The smallest absolute Gasteiger partial charge is 0.332 e. The van der Waals surface area contributed by atoms with Gasteiger partial charge in [-0.1, -0.05) is 24.8 Å². The third-order valence-electron chi connectivity index (χ3n) is 2.58. The minimum Gasteiger partial charge on any atom is -0.479 e. The maximum absolute atomic E-state index is 11.2. The number of carbonyl (C=O) groups is 2. The number of aromatic nitrogens is 1. The van der Waals surface area contributed by atoms with Gasteiger partial charge in [-0.2, -0.15) is 0 Å². The van der Waals surface area contributed by atoms with E-state index < -0.39 is 17.9 Å². The lowest BCUT2D eigenvalue weighted by atomic mass is 10.2. The Balaban J connectivity index is 2.38. The number of carboxylic acid groups (broad SMARTS) is 1. The molecule has 2 rings (SSSR count). The van der Waals surface area contributed by atoms with Gasteiger partial charge in [0.05, 0.1) is 5.69 Å². The van der Waals surface area contributed by atoms with Crippen LogP contribution >= 0.6 is 0 Å². The minimum absolute atomic E-state index is 0.430. The molecular formula is C13H12N2O3. The molecule has 3 N–H and O–H groups in total. The first-order valence-corrected chi connectivity index (χ1v) is 5.35. The van der Waals surface area contributed by atoms with Gasteiger partial charge >= 0.3 is 5.97 Å². The molecule has 0 bridgehead atoms. The van der Waals surface area contributed by atoms with E-state index in [0.29, 0.717) is 5.69 Å². The Hall–Kier alpha value is -2.56. The van der Waals surface area contributed by atoms with Crippen LogP contribution in [0.2, 0.25) is 0 Å². The summed E-state index contributed by atoms with van der Waals surface area (Å²) in [6.45, 7) is 3.29. The van der Waals surface area contributed by atoms with E-state index in [9.17, 15) is 9.59 Å². The number of aliphatic carboxylic acids is 1. The molecule has 5 nitrogen and oxygen atoms in total.